The van der Waals surface area contributed by atoms with Crippen molar-refractivity contribution in [1.82, 2.24) is 15.0 Å². The second kappa shape index (κ2) is 7.23. The minimum atomic E-state index is 0.0786. The summed E-state index contributed by atoms with van der Waals surface area (Å²) in [6.45, 7) is 3.58. The molecule has 1 aliphatic rings. The highest BCUT2D eigenvalue weighted by Gasteiger charge is 2.25. The summed E-state index contributed by atoms with van der Waals surface area (Å²) in [4.78, 5) is 15.0. The average molecular weight is 281 g/mol. The molecule has 2 heterocycles. The van der Waals surface area contributed by atoms with Gasteiger partial charge >= 0.3 is 6.01 Å². The third-order valence-electron chi connectivity index (χ3n) is 3.36. The molecule has 112 valence electrons. The highest BCUT2D eigenvalue weighted by Crippen LogP contribution is 2.23. The molecule has 2 N–H and O–H groups in total. The van der Waals surface area contributed by atoms with Crippen molar-refractivity contribution < 1.29 is 9.84 Å². The standard InChI is InChI=1S/C13H23N5O2/c1-3-8-20-13-16-11(14-2)15-12(17-13)18-7-5-4-6-10(18)9-19/h10,19H,3-9H2,1-2H3,(H,14,15,16,17). The van der Waals surface area contributed by atoms with Crippen molar-refractivity contribution in [2.45, 2.75) is 38.6 Å². The molecule has 0 radical (unpaired) electrons. The molecule has 2 rings (SSSR count). The predicted octanol–water partition coefficient (Wildman–Crippen LogP) is 1.05. The van der Waals surface area contributed by atoms with Gasteiger partial charge in [0.1, 0.15) is 0 Å². The van der Waals surface area contributed by atoms with Gasteiger partial charge < -0.3 is 20.1 Å². The van der Waals surface area contributed by atoms with E-state index in [1.807, 2.05) is 11.8 Å². The summed E-state index contributed by atoms with van der Waals surface area (Å²) in [7, 11) is 1.77. The zero-order valence-corrected chi connectivity index (χ0v) is 12.2. The monoisotopic (exact) mass is 281 g/mol. The molecule has 0 saturated carbocycles. The Bertz CT molecular complexity index is 429. The molecule has 1 aliphatic heterocycles. The molecule has 1 saturated heterocycles. The van der Waals surface area contributed by atoms with Gasteiger partial charge in [-0.1, -0.05) is 6.92 Å². The van der Waals surface area contributed by atoms with Crippen molar-refractivity contribution in [2.75, 3.05) is 37.0 Å². The molecule has 0 aliphatic carbocycles. The van der Waals surface area contributed by atoms with Gasteiger partial charge in [-0.15, -0.1) is 0 Å². The lowest BCUT2D eigenvalue weighted by atomic mass is 10.0. The number of anilines is 2. The Morgan fingerprint density at radius 3 is 2.90 bits per heavy atom. The van der Waals surface area contributed by atoms with Crippen LogP contribution in [0.15, 0.2) is 0 Å². The third kappa shape index (κ3) is 3.47. The third-order valence-corrected chi connectivity index (χ3v) is 3.36. The van der Waals surface area contributed by atoms with Crippen molar-refractivity contribution in [3.63, 3.8) is 0 Å². The fraction of sp³-hybridized carbons (Fsp3) is 0.769. The van der Waals surface area contributed by atoms with Crippen LogP contribution in [0.3, 0.4) is 0 Å². The molecule has 1 unspecified atom stereocenters. The highest BCUT2D eigenvalue weighted by atomic mass is 16.5. The van der Waals surface area contributed by atoms with E-state index in [1.165, 1.54) is 0 Å². The largest absolute Gasteiger partial charge is 0.463 e. The summed E-state index contributed by atoms with van der Waals surface area (Å²) in [6.07, 6.45) is 4.08. The Morgan fingerprint density at radius 2 is 2.20 bits per heavy atom. The summed E-state index contributed by atoms with van der Waals surface area (Å²) >= 11 is 0. The number of hydrogen-bond acceptors (Lipinski definition) is 7. The van der Waals surface area contributed by atoms with E-state index >= 15 is 0 Å². The first-order valence-corrected chi connectivity index (χ1v) is 7.22. The molecule has 0 amide bonds. The Kier molecular flexibility index (Phi) is 5.34. The maximum atomic E-state index is 9.50. The Labute approximate surface area is 119 Å². The molecule has 0 bridgehead atoms. The number of aliphatic hydroxyl groups is 1. The van der Waals surface area contributed by atoms with Crippen LogP contribution in [-0.4, -0.2) is 52.9 Å². The van der Waals surface area contributed by atoms with E-state index in [-0.39, 0.29) is 12.6 Å². The molecule has 0 spiro atoms. The molecule has 1 aromatic rings. The number of aliphatic hydroxyl groups excluding tert-OH is 1. The van der Waals surface area contributed by atoms with Crippen LogP contribution in [0.25, 0.3) is 0 Å². The second-order valence-electron chi connectivity index (χ2n) is 4.87. The number of nitrogens with zero attached hydrogens (tertiary/aromatic N) is 4. The summed E-state index contributed by atoms with van der Waals surface area (Å²) < 4.78 is 5.51. The van der Waals surface area contributed by atoms with Crippen LogP contribution in [0.2, 0.25) is 0 Å². The number of aromatic nitrogens is 3. The topological polar surface area (TPSA) is 83.4 Å². The van der Waals surface area contributed by atoms with E-state index < -0.39 is 0 Å². The van der Waals surface area contributed by atoms with Crippen LogP contribution in [0.5, 0.6) is 6.01 Å². The smallest absolute Gasteiger partial charge is 0.323 e. The quantitative estimate of drug-likeness (QED) is 0.806. The number of rotatable bonds is 6. The number of ether oxygens (including phenoxy) is 1. The SMILES string of the molecule is CCCOc1nc(NC)nc(N2CCCCC2CO)n1. The normalized spacial score (nSPS) is 18.9. The van der Waals surface area contributed by atoms with E-state index in [2.05, 4.69) is 20.3 Å². The zero-order chi connectivity index (χ0) is 14.4. The van der Waals surface area contributed by atoms with Gasteiger partial charge in [-0.05, 0) is 25.7 Å². The van der Waals surface area contributed by atoms with E-state index in [1.54, 1.807) is 7.05 Å². The van der Waals surface area contributed by atoms with Gasteiger partial charge in [0.25, 0.3) is 0 Å². The first-order valence-electron chi connectivity index (χ1n) is 7.22. The lowest BCUT2D eigenvalue weighted by molar-refractivity contribution is 0.238. The predicted molar refractivity (Wildman–Crippen MR) is 77.2 cm³/mol. The molecule has 1 fully saturated rings. The van der Waals surface area contributed by atoms with E-state index in [0.717, 1.165) is 32.2 Å². The van der Waals surface area contributed by atoms with Crippen LogP contribution in [0, 0.1) is 0 Å². The maximum absolute atomic E-state index is 9.50. The Balaban J connectivity index is 2.24. The van der Waals surface area contributed by atoms with Gasteiger partial charge in [0.2, 0.25) is 11.9 Å². The van der Waals surface area contributed by atoms with Crippen LogP contribution < -0.4 is 15.0 Å². The molecule has 1 aromatic heterocycles. The van der Waals surface area contributed by atoms with Crippen LogP contribution in [-0.2, 0) is 0 Å². The van der Waals surface area contributed by atoms with Gasteiger partial charge in [-0.25, -0.2) is 0 Å². The number of nitrogens with one attached hydrogen (secondary N) is 1. The zero-order valence-electron chi connectivity index (χ0n) is 12.2. The van der Waals surface area contributed by atoms with Crippen LogP contribution in [0.1, 0.15) is 32.6 Å². The van der Waals surface area contributed by atoms with E-state index in [0.29, 0.717) is 24.5 Å². The highest BCUT2D eigenvalue weighted by molar-refractivity contribution is 5.39. The molecular weight excluding hydrogens is 258 g/mol. The van der Waals surface area contributed by atoms with Crippen molar-refractivity contribution in [1.29, 1.82) is 0 Å². The van der Waals surface area contributed by atoms with Gasteiger partial charge in [0.15, 0.2) is 0 Å². The minimum absolute atomic E-state index is 0.0786. The van der Waals surface area contributed by atoms with Gasteiger partial charge in [0, 0.05) is 13.6 Å². The maximum Gasteiger partial charge on any atom is 0.323 e. The first kappa shape index (κ1) is 14.8. The van der Waals surface area contributed by atoms with Crippen LogP contribution >= 0.6 is 0 Å². The summed E-state index contributed by atoms with van der Waals surface area (Å²) in [5.41, 5.74) is 0. The fourth-order valence-electron chi connectivity index (χ4n) is 2.30. The van der Waals surface area contributed by atoms with Gasteiger partial charge in [0.05, 0.1) is 19.3 Å². The lowest BCUT2D eigenvalue weighted by Crippen LogP contribution is -2.43. The first-order chi connectivity index (χ1) is 9.78. The number of hydrogen-bond donors (Lipinski definition) is 2. The van der Waals surface area contributed by atoms with Gasteiger partial charge in [-0.2, -0.15) is 15.0 Å². The number of piperidine rings is 1. The minimum Gasteiger partial charge on any atom is -0.463 e. The molecule has 1 atom stereocenters. The van der Waals surface area contributed by atoms with Crippen molar-refractivity contribution >= 4 is 11.9 Å². The molecule has 7 nitrogen and oxygen atoms in total. The van der Waals surface area contributed by atoms with Gasteiger partial charge in [-0.3, -0.25) is 0 Å². The van der Waals surface area contributed by atoms with Crippen molar-refractivity contribution in [3.05, 3.63) is 0 Å². The molecule has 7 heteroatoms. The lowest BCUT2D eigenvalue weighted by Gasteiger charge is -2.34. The van der Waals surface area contributed by atoms with E-state index in [9.17, 15) is 5.11 Å². The Hall–Kier alpha value is -1.63. The summed E-state index contributed by atoms with van der Waals surface area (Å²) in [5, 5.41) is 12.4. The second-order valence-corrected chi connectivity index (χ2v) is 4.87. The van der Waals surface area contributed by atoms with Crippen molar-refractivity contribution in [2.24, 2.45) is 0 Å². The average Bonchev–Trinajstić information content (AvgIpc) is 2.52. The van der Waals surface area contributed by atoms with E-state index in [4.69, 9.17) is 4.74 Å². The van der Waals surface area contributed by atoms with Crippen molar-refractivity contribution in [3.8, 4) is 6.01 Å². The van der Waals surface area contributed by atoms with Crippen LogP contribution in [0.4, 0.5) is 11.9 Å². The molecule has 0 aromatic carbocycles. The summed E-state index contributed by atoms with van der Waals surface area (Å²) in [6, 6.07) is 0.415. The fourth-order valence-corrected chi connectivity index (χ4v) is 2.30. The molecule has 20 heavy (non-hydrogen) atoms. The summed E-state index contributed by atoms with van der Waals surface area (Å²) in [5.74, 6) is 1.07. The molecular formula is C13H23N5O2. The Morgan fingerprint density at radius 1 is 1.35 bits per heavy atom.